The third-order valence-corrected chi connectivity index (χ3v) is 3.76. The summed E-state index contributed by atoms with van der Waals surface area (Å²) in [6.45, 7) is 1.85. The lowest BCUT2D eigenvalue weighted by Gasteiger charge is -2.07. The smallest absolute Gasteiger partial charge is 0.231 e. The molecular formula is C19H21NO4. The van der Waals surface area contributed by atoms with Gasteiger partial charge < -0.3 is 19.5 Å². The molecule has 0 atom stereocenters. The molecule has 2 aromatic carbocycles. The summed E-state index contributed by atoms with van der Waals surface area (Å²) in [5.74, 6) is 1.54. The Hall–Kier alpha value is -2.53. The van der Waals surface area contributed by atoms with Gasteiger partial charge in [-0.3, -0.25) is 4.79 Å². The highest BCUT2D eigenvalue weighted by Crippen LogP contribution is 2.32. The average molecular weight is 327 g/mol. The normalized spacial score (nSPS) is 12.2. The van der Waals surface area contributed by atoms with E-state index in [-0.39, 0.29) is 12.7 Å². The van der Waals surface area contributed by atoms with Crippen LogP contribution in [0, 0.1) is 0 Å². The van der Waals surface area contributed by atoms with E-state index in [1.165, 1.54) is 0 Å². The van der Waals surface area contributed by atoms with Crippen LogP contribution in [-0.2, 0) is 22.6 Å². The van der Waals surface area contributed by atoms with Crippen molar-refractivity contribution in [3.63, 3.8) is 0 Å². The van der Waals surface area contributed by atoms with Gasteiger partial charge in [0.25, 0.3) is 0 Å². The molecule has 0 radical (unpaired) electrons. The van der Waals surface area contributed by atoms with Crippen LogP contribution in [-0.4, -0.2) is 25.9 Å². The number of aryl methyl sites for hydroxylation is 1. The van der Waals surface area contributed by atoms with Gasteiger partial charge >= 0.3 is 0 Å². The number of amides is 1. The Labute approximate surface area is 141 Å². The quantitative estimate of drug-likeness (QED) is 0.758. The Morgan fingerprint density at radius 1 is 1.04 bits per heavy atom. The van der Waals surface area contributed by atoms with Gasteiger partial charge in [0.2, 0.25) is 12.7 Å². The summed E-state index contributed by atoms with van der Waals surface area (Å²) in [6, 6.07) is 15.8. The predicted molar refractivity (Wildman–Crippen MR) is 90.0 cm³/mol. The minimum absolute atomic E-state index is 0.0241. The SMILES string of the molecule is O=C(CCc1ccc2c(c1)OCO2)NCCOCc1ccccc1. The highest BCUT2D eigenvalue weighted by molar-refractivity contribution is 5.76. The molecule has 0 saturated carbocycles. The molecule has 126 valence electrons. The molecule has 0 saturated heterocycles. The number of hydrogen-bond donors (Lipinski definition) is 1. The molecule has 1 aliphatic heterocycles. The van der Waals surface area contributed by atoms with Crippen LogP contribution >= 0.6 is 0 Å². The molecule has 0 unspecified atom stereocenters. The molecule has 1 aliphatic rings. The van der Waals surface area contributed by atoms with Gasteiger partial charge in [0.05, 0.1) is 13.2 Å². The van der Waals surface area contributed by atoms with Crippen LogP contribution in [0.25, 0.3) is 0 Å². The fourth-order valence-electron chi connectivity index (χ4n) is 2.47. The van der Waals surface area contributed by atoms with Gasteiger partial charge in [-0.15, -0.1) is 0 Å². The number of hydrogen-bond acceptors (Lipinski definition) is 4. The molecular weight excluding hydrogens is 306 g/mol. The third kappa shape index (κ3) is 4.73. The van der Waals surface area contributed by atoms with Crippen LogP contribution in [0.5, 0.6) is 11.5 Å². The molecule has 1 N–H and O–H groups in total. The number of rotatable bonds is 8. The first-order chi connectivity index (χ1) is 11.8. The van der Waals surface area contributed by atoms with Crippen molar-refractivity contribution >= 4 is 5.91 Å². The van der Waals surface area contributed by atoms with Gasteiger partial charge in [0.15, 0.2) is 11.5 Å². The van der Waals surface area contributed by atoms with Gasteiger partial charge in [-0.05, 0) is 29.7 Å². The molecule has 0 aromatic heterocycles. The summed E-state index contributed by atoms with van der Waals surface area (Å²) in [5.41, 5.74) is 2.20. The fraction of sp³-hybridized carbons (Fsp3) is 0.316. The molecule has 0 fully saturated rings. The highest BCUT2D eigenvalue weighted by atomic mass is 16.7. The van der Waals surface area contributed by atoms with E-state index in [2.05, 4.69) is 5.32 Å². The minimum Gasteiger partial charge on any atom is -0.454 e. The van der Waals surface area contributed by atoms with E-state index in [9.17, 15) is 4.79 Å². The molecule has 3 rings (SSSR count). The van der Waals surface area contributed by atoms with Crippen LogP contribution in [0.3, 0.4) is 0 Å². The summed E-state index contributed by atoms with van der Waals surface area (Å²) in [7, 11) is 0. The van der Waals surface area contributed by atoms with E-state index in [4.69, 9.17) is 14.2 Å². The third-order valence-electron chi connectivity index (χ3n) is 3.76. The number of carbonyl (C=O) groups is 1. The summed E-state index contributed by atoms with van der Waals surface area (Å²) < 4.78 is 16.1. The Bertz CT molecular complexity index is 672. The molecule has 0 bridgehead atoms. The number of benzene rings is 2. The molecule has 1 amide bonds. The molecule has 5 nitrogen and oxygen atoms in total. The monoisotopic (exact) mass is 327 g/mol. The van der Waals surface area contributed by atoms with Crippen LogP contribution in [0.1, 0.15) is 17.5 Å². The van der Waals surface area contributed by atoms with Gasteiger partial charge in [-0.2, -0.15) is 0 Å². The van der Waals surface area contributed by atoms with Gasteiger partial charge in [-0.25, -0.2) is 0 Å². The van der Waals surface area contributed by atoms with Gasteiger partial charge in [0, 0.05) is 13.0 Å². The van der Waals surface area contributed by atoms with E-state index in [0.717, 1.165) is 22.6 Å². The largest absolute Gasteiger partial charge is 0.454 e. The van der Waals surface area contributed by atoms with E-state index >= 15 is 0 Å². The Morgan fingerprint density at radius 2 is 1.88 bits per heavy atom. The molecule has 5 heteroatoms. The molecule has 1 heterocycles. The predicted octanol–water partition coefficient (Wildman–Crippen LogP) is 2.68. The first-order valence-electron chi connectivity index (χ1n) is 8.08. The van der Waals surface area contributed by atoms with Crippen molar-refractivity contribution in [2.45, 2.75) is 19.4 Å². The van der Waals surface area contributed by atoms with E-state index < -0.39 is 0 Å². The average Bonchev–Trinajstić information content (AvgIpc) is 3.08. The van der Waals surface area contributed by atoms with Crippen molar-refractivity contribution in [1.82, 2.24) is 5.32 Å². The molecule has 2 aromatic rings. The summed E-state index contributed by atoms with van der Waals surface area (Å²) >= 11 is 0. The van der Waals surface area contributed by atoms with Crippen LogP contribution in [0.2, 0.25) is 0 Å². The lowest BCUT2D eigenvalue weighted by Crippen LogP contribution is -2.27. The maximum atomic E-state index is 11.9. The van der Waals surface area contributed by atoms with Crippen molar-refractivity contribution in [3.8, 4) is 11.5 Å². The number of nitrogens with one attached hydrogen (secondary N) is 1. The van der Waals surface area contributed by atoms with Crippen molar-refractivity contribution in [3.05, 3.63) is 59.7 Å². The van der Waals surface area contributed by atoms with E-state index in [1.807, 2.05) is 48.5 Å². The van der Waals surface area contributed by atoms with Crippen LogP contribution in [0.15, 0.2) is 48.5 Å². The molecule has 0 spiro atoms. The molecule has 0 aliphatic carbocycles. The van der Waals surface area contributed by atoms with Crippen molar-refractivity contribution < 1.29 is 19.0 Å². The first-order valence-corrected chi connectivity index (χ1v) is 8.08. The lowest BCUT2D eigenvalue weighted by molar-refractivity contribution is -0.121. The zero-order valence-corrected chi connectivity index (χ0v) is 13.5. The zero-order chi connectivity index (χ0) is 16.6. The minimum atomic E-state index is 0.0241. The lowest BCUT2D eigenvalue weighted by atomic mass is 10.1. The Morgan fingerprint density at radius 3 is 2.75 bits per heavy atom. The second-order valence-corrected chi connectivity index (χ2v) is 5.58. The highest BCUT2D eigenvalue weighted by Gasteiger charge is 2.13. The topological polar surface area (TPSA) is 56.8 Å². The Kier molecular flexibility index (Phi) is 5.69. The summed E-state index contributed by atoms with van der Waals surface area (Å²) in [6.07, 6.45) is 1.12. The number of fused-ring (bicyclic) bond motifs is 1. The maximum Gasteiger partial charge on any atom is 0.231 e. The second-order valence-electron chi connectivity index (χ2n) is 5.58. The molecule has 24 heavy (non-hydrogen) atoms. The van der Waals surface area contributed by atoms with E-state index in [1.54, 1.807) is 0 Å². The van der Waals surface area contributed by atoms with Crippen LogP contribution < -0.4 is 14.8 Å². The van der Waals surface area contributed by atoms with Gasteiger partial charge in [-0.1, -0.05) is 36.4 Å². The van der Waals surface area contributed by atoms with Gasteiger partial charge in [0.1, 0.15) is 0 Å². The maximum absolute atomic E-state index is 11.9. The zero-order valence-electron chi connectivity index (χ0n) is 13.5. The second kappa shape index (κ2) is 8.36. The summed E-state index contributed by atoms with van der Waals surface area (Å²) in [5, 5.41) is 2.87. The van der Waals surface area contributed by atoms with Crippen molar-refractivity contribution in [2.24, 2.45) is 0 Å². The number of carbonyl (C=O) groups excluding carboxylic acids is 1. The van der Waals surface area contributed by atoms with Crippen LogP contribution in [0.4, 0.5) is 0 Å². The summed E-state index contributed by atoms with van der Waals surface area (Å²) in [4.78, 5) is 11.9. The standard InChI is InChI=1S/C19H21NO4/c21-19(20-10-11-22-13-16-4-2-1-3-5-16)9-7-15-6-8-17-18(12-15)24-14-23-17/h1-6,8,12H,7,9-11,13-14H2,(H,20,21). The number of ether oxygens (including phenoxy) is 3. The van der Waals surface area contributed by atoms with Crippen molar-refractivity contribution in [2.75, 3.05) is 19.9 Å². The Balaban J connectivity index is 1.30. The van der Waals surface area contributed by atoms with Crippen molar-refractivity contribution in [1.29, 1.82) is 0 Å². The van der Waals surface area contributed by atoms with E-state index in [0.29, 0.717) is 32.6 Å². The first kappa shape index (κ1) is 16.3. The fourth-order valence-corrected chi connectivity index (χ4v) is 2.47.